The van der Waals surface area contributed by atoms with Gasteiger partial charge in [-0.25, -0.2) is 0 Å². The van der Waals surface area contributed by atoms with E-state index in [1.54, 1.807) is 0 Å². The molecule has 26 heavy (non-hydrogen) atoms. The van der Waals surface area contributed by atoms with Crippen molar-refractivity contribution in [2.45, 2.75) is 89.3 Å². The van der Waals surface area contributed by atoms with Gasteiger partial charge in [-0.2, -0.15) is 0 Å². The Balaban J connectivity index is 1.20. The van der Waals surface area contributed by atoms with Crippen molar-refractivity contribution in [3.8, 4) is 0 Å². The van der Waals surface area contributed by atoms with E-state index in [1.807, 2.05) is 0 Å². The van der Waals surface area contributed by atoms with Gasteiger partial charge in [-0.3, -0.25) is 0 Å². The van der Waals surface area contributed by atoms with Crippen LogP contribution in [0.25, 0.3) is 0 Å². The summed E-state index contributed by atoms with van der Waals surface area (Å²) in [5.41, 5.74) is 3.00. The van der Waals surface area contributed by atoms with E-state index in [0.29, 0.717) is 18.1 Å². The Morgan fingerprint density at radius 2 is 1.62 bits per heavy atom. The lowest BCUT2D eigenvalue weighted by atomic mass is 9.78. The average Bonchev–Trinajstić information content (AvgIpc) is 3.54. The number of hydrogen-bond donors (Lipinski definition) is 0. The van der Waals surface area contributed by atoms with Crippen LogP contribution >= 0.6 is 0 Å². The van der Waals surface area contributed by atoms with Gasteiger partial charge in [0.05, 0.1) is 25.4 Å². The molecule has 1 aromatic rings. The summed E-state index contributed by atoms with van der Waals surface area (Å²) in [6.07, 6.45) is 14.4. The summed E-state index contributed by atoms with van der Waals surface area (Å²) in [6, 6.07) is 9.48. The summed E-state index contributed by atoms with van der Waals surface area (Å²) in [5.74, 6) is 2.42. The molecule has 4 rings (SSSR count). The van der Waals surface area contributed by atoms with Gasteiger partial charge in [-0.15, -0.1) is 0 Å². The number of hydrogen-bond acceptors (Lipinski definition) is 2. The third-order valence-corrected chi connectivity index (χ3v) is 7.05. The van der Waals surface area contributed by atoms with E-state index >= 15 is 0 Å². The largest absolute Gasteiger partial charge is 0.378 e. The highest BCUT2D eigenvalue weighted by Crippen LogP contribution is 2.37. The van der Waals surface area contributed by atoms with Gasteiger partial charge < -0.3 is 9.47 Å². The highest BCUT2D eigenvalue weighted by atomic mass is 16.6. The molecule has 0 radical (unpaired) electrons. The fraction of sp³-hybridized carbons (Fsp3) is 0.750. The molecule has 2 saturated heterocycles. The summed E-state index contributed by atoms with van der Waals surface area (Å²) in [5, 5.41) is 0. The molecule has 1 aromatic carbocycles. The van der Waals surface area contributed by atoms with Crippen LogP contribution in [0.2, 0.25) is 0 Å². The first-order valence-corrected chi connectivity index (χ1v) is 11.1. The minimum atomic E-state index is 0.511. The molecule has 2 heteroatoms. The maximum atomic E-state index is 6.06. The van der Waals surface area contributed by atoms with Crippen LogP contribution in [0.4, 0.5) is 0 Å². The summed E-state index contributed by atoms with van der Waals surface area (Å²) >= 11 is 0. The molecule has 3 aliphatic rings. The molecule has 0 aromatic heterocycles. The smallest absolute Gasteiger partial charge is 0.0838 e. The van der Waals surface area contributed by atoms with Crippen LogP contribution in [0.3, 0.4) is 0 Å². The van der Waals surface area contributed by atoms with E-state index in [9.17, 15) is 0 Å². The fourth-order valence-electron chi connectivity index (χ4n) is 5.12. The van der Waals surface area contributed by atoms with Crippen LogP contribution < -0.4 is 0 Å². The quantitative estimate of drug-likeness (QED) is 0.568. The van der Waals surface area contributed by atoms with Gasteiger partial charge in [0.25, 0.3) is 0 Å². The predicted octanol–water partition coefficient (Wildman–Crippen LogP) is 5.89. The molecule has 3 atom stereocenters. The third kappa shape index (κ3) is 4.89. The van der Waals surface area contributed by atoms with Gasteiger partial charge in [0.15, 0.2) is 0 Å². The van der Waals surface area contributed by atoms with Gasteiger partial charge in [0.2, 0.25) is 0 Å². The zero-order chi connectivity index (χ0) is 17.8. The van der Waals surface area contributed by atoms with Crippen molar-refractivity contribution in [2.75, 3.05) is 13.2 Å². The first kappa shape index (κ1) is 18.5. The molecule has 0 amide bonds. The van der Waals surface area contributed by atoms with E-state index in [4.69, 9.17) is 9.47 Å². The lowest BCUT2D eigenvalue weighted by Crippen LogP contribution is -2.24. The highest BCUT2D eigenvalue weighted by Gasteiger charge is 2.35. The third-order valence-electron chi connectivity index (χ3n) is 7.05. The Morgan fingerprint density at radius 1 is 0.846 bits per heavy atom. The first-order valence-electron chi connectivity index (χ1n) is 11.1. The predicted molar refractivity (Wildman–Crippen MR) is 107 cm³/mol. The molecule has 2 aliphatic heterocycles. The lowest BCUT2D eigenvalue weighted by Gasteiger charge is -2.29. The maximum Gasteiger partial charge on any atom is 0.0838 e. The molecule has 1 aliphatic carbocycles. The first-order chi connectivity index (χ1) is 12.8. The van der Waals surface area contributed by atoms with Gasteiger partial charge in [0, 0.05) is 5.92 Å². The Hall–Kier alpha value is -0.860. The van der Waals surface area contributed by atoms with Crippen molar-refractivity contribution in [1.29, 1.82) is 0 Å². The number of ether oxygens (including phenoxy) is 2. The molecule has 0 N–H and O–H groups in total. The Kier molecular flexibility index (Phi) is 6.32. The maximum absolute atomic E-state index is 6.06. The molecule has 144 valence electrons. The molecule has 3 unspecified atom stereocenters. The Morgan fingerprint density at radius 3 is 2.23 bits per heavy atom. The average molecular weight is 357 g/mol. The molecule has 2 nitrogen and oxygen atoms in total. The second kappa shape index (κ2) is 8.89. The van der Waals surface area contributed by atoms with E-state index in [1.165, 1.54) is 75.3 Å². The summed E-state index contributed by atoms with van der Waals surface area (Å²) in [6.45, 7) is 4.20. The summed E-state index contributed by atoms with van der Waals surface area (Å²) in [7, 11) is 0. The molecular formula is C24H36O2. The number of benzene rings is 1. The molecule has 1 saturated carbocycles. The van der Waals surface area contributed by atoms with E-state index in [0.717, 1.165) is 25.0 Å². The summed E-state index contributed by atoms with van der Waals surface area (Å²) < 4.78 is 11.5. The molecule has 0 bridgehead atoms. The van der Waals surface area contributed by atoms with Crippen molar-refractivity contribution in [3.05, 3.63) is 35.4 Å². The second-order valence-corrected chi connectivity index (χ2v) is 8.95. The van der Waals surface area contributed by atoms with Crippen LogP contribution in [-0.2, 0) is 15.9 Å². The van der Waals surface area contributed by atoms with Gasteiger partial charge in [0.1, 0.15) is 0 Å². The van der Waals surface area contributed by atoms with Crippen LogP contribution in [0, 0.1) is 11.8 Å². The van der Waals surface area contributed by atoms with E-state index in [-0.39, 0.29) is 0 Å². The van der Waals surface area contributed by atoms with Crippen molar-refractivity contribution in [1.82, 2.24) is 0 Å². The number of epoxide rings is 1. The van der Waals surface area contributed by atoms with Crippen LogP contribution in [0.15, 0.2) is 24.3 Å². The van der Waals surface area contributed by atoms with Gasteiger partial charge >= 0.3 is 0 Å². The van der Waals surface area contributed by atoms with Crippen LogP contribution in [-0.4, -0.2) is 25.4 Å². The van der Waals surface area contributed by atoms with Crippen molar-refractivity contribution >= 4 is 0 Å². The zero-order valence-corrected chi connectivity index (χ0v) is 16.5. The van der Waals surface area contributed by atoms with Gasteiger partial charge in [-0.05, 0) is 67.9 Å². The lowest BCUT2D eigenvalue weighted by molar-refractivity contribution is -0.00111. The monoisotopic (exact) mass is 356 g/mol. The molecular weight excluding hydrogens is 320 g/mol. The number of rotatable bonds is 7. The normalized spacial score (nSPS) is 34.6. The minimum absolute atomic E-state index is 0.511. The van der Waals surface area contributed by atoms with Crippen LogP contribution in [0.1, 0.15) is 81.8 Å². The Labute approximate surface area is 159 Å². The number of aryl methyl sites for hydroxylation is 1. The highest BCUT2D eigenvalue weighted by molar-refractivity contribution is 5.26. The van der Waals surface area contributed by atoms with E-state index in [2.05, 4.69) is 31.2 Å². The van der Waals surface area contributed by atoms with E-state index < -0.39 is 0 Å². The second-order valence-electron chi connectivity index (χ2n) is 8.95. The topological polar surface area (TPSA) is 21.8 Å². The standard InChI is InChI=1S/C24H36O2/c1-2-3-23-15-14-22(16-25-23)20-10-6-18(7-11-20)4-5-19-8-12-21(13-9-19)24-17-26-24/h6-7,10-11,19,21-24H,2-5,8-9,12-17H2,1H3. The zero-order valence-electron chi connectivity index (χ0n) is 16.5. The summed E-state index contributed by atoms with van der Waals surface area (Å²) in [4.78, 5) is 0. The van der Waals surface area contributed by atoms with Crippen molar-refractivity contribution in [3.63, 3.8) is 0 Å². The molecule has 2 heterocycles. The molecule has 3 fully saturated rings. The fourth-order valence-corrected chi connectivity index (χ4v) is 5.12. The van der Waals surface area contributed by atoms with Gasteiger partial charge in [-0.1, -0.05) is 50.5 Å². The Bertz CT molecular complexity index is 532. The minimum Gasteiger partial charge on any atom is -0.378 e. The molecule has 0 spiro atoms. The SMILES string of the molecule is CCCC1CCC(c2ccc(CCC3CCC(C4CO4)CC3)cc2)CO1. The van der Waals surface area contributed by atoms with Crippen molar-refractivity contribution in [2.24, 2.45) is 11.8 Å². The van der Waals surface area contributed by atoms with Crippen LogP contribution in [0.5, 0.6) is 0 Å². The van der Waals surface area contributed by atoms with Crippen molar-refractivity contribution < 1.29 is 9.47 Å².